The molecule has 0 saturated heterocycles. The van der Waals surface area contributed by atoms with Crippen LogP contribution in [0.25, 0.3) is 10.8 Å². The molecule has 0 unspecified atom stereocenters. The first-order chi connectivity index (χ1) is 10.9. The van der Waals surface area contributed by atoms with E-state index >= 15 is 0 Å². The first kappa shape index (κ1) is 16.8. The number of carbonyl (C=O) groups is 2. The summed E-state index contributed by atoms with van der Waals surface area (Å²) in [5, 5.41) is 4.81. The number of hydrogen-bond donors (Lipinski definition) is 2. The van der Waals surface area contributed by atoms with Crippen LogP contribution in [0.4, 0.5) is 5.69 Å². The summed E-state index contributed by atoms with van der Waals surface area (Å²) in [6.07, 6.45) is 0.132. The minimum absolute atomic E-state index is 0.0970. The van der Waals surface area contributed by atoms with E-state index in [0.717, 1.165) is 10.8 Å². The van der Waals surface area contributed by atoms with E-state index < -0.39 is 0 Å². The van der Waals surface area contributed by atoms with E-state index in [0.29, 0.717) is 11.3 Å². The Bertz CT molecular complexity index is 725. The maximum atomic E-state index is 12.6. The molecule has 5 nitrogen and oxygen atoms in total. The molecule has 0 heterocycles. The maximum Gasteiger partial charge on any atom is 0.307 e. The smallest absolute Gasteiger partial charge is 0.307 e. The number of nitrogen functional groups attached to an aromatic ring is 1. The molecule has 0 spiro atoms. The fourth-order valence-corrected chi connectivity index (χ4v) is 2.42. The van der Waals surface area contributed by atoms with Gasteiger partial charge in [0.05, 0.1) is 19.1 Å². The van der Waals surface area contributed by atoms with Gasteiger partial charge in [-0.25, -0.2) is 0 Å². The van der Waals surface area contributed by atoms with Gasteiger partial charge in [0.1, 0.15) is 0 Å². The number of ether oxygens (including phenoxy) is 1. The second-order valence-electron chi connectivity index (χ2n) is 5.89. The molecule has 2 rings (SSSR count). The molecule has 3 N–H and O–H groups in total. The lowest BCUT2D eigenvalue weighted by molar-refractivity contribution is -0.141. The van der Waals surface area contributed by atoms with Crippen molar-refractivity contribution in [3.8, 4) is 0 Å². The Kier molecular flexibility index (Phi) is 5.21. The second kappa shape index (κ2) is 7.13. The normalized spacial score (nSPS) is 12.2. The molecule has 0 bridgehead atoms. The summed E-state index contributed by atoms with van der Waals surface area (Å²) < 4.78 is 4.68. The van der Waals surface area contributed by atoms with Crippen LogP contribution < -0.4 is 11.1 Å². The SMILES string of the molecule is COC(=O)C[C@@H](NC(=O)c1cc2ccccc2cc1N)C(C)C. The molecule has 2 aromatic rings. The highest BCUT2D eigenvalue weighted by molar-refractivity contribution is 6.04. The van der Waals surface area contributed by atoms with Gasteiger partial charge in [-0.1, -0.05) is 38.1 Å². The van der Waals surface area contributed by atoms with Gasteiger partial charge in [-0.2, -0.15) is 0 Å². The molecule has 5 heteroatoms. The van der Waals surface area contributed by atoms with Crippen molar-refractivity contribution in [1.82, 2.24) is 5.32 Å². The predicted octanol–water partition coefficient (Wildman–Crippen LogP) is 2.74. The summed E-state index contributed by atoms with van der Waals surface area (Å²) in [6.45, 7) is 3.88. The molecular formula is C18H22N2O3. The Hall–Kier alpha value is -2.56. The van der Waals surface area contributed by atoms with Crippen molar-refractivity contribution >= 4 is 28.3 Å². The highest BCUT2D eigenvalue weighted by Crippen LogP contribution is 2.22. The number of fused-ring (bicyclic) bond motifs is 1. The third kappa shape index (κ3) is 4.00. The lowest BCUT2D eigenvalue weighted by atomic mass is 9.99. The van der Waals surface area contributed by atoms with Gasteiger partial charge in [-0.05, 0) is 28.8 Å². The van der Waals surface area contributed by atoms with Crippen LogP contribution in [0.15, 0.2) is 36.4 Å². The number of amides is 1. The van der Waals surface area contributed by atoms with E-state index in [1.165, 1.54) is 7.11 Å². The zero-order chi connectivity index (χ0) is 17.0. The van der Waals surface area contributed by atoms with E-state index in [1.807, 2.05) is 38.1 Å². The van der Waals surface area contributed by atoms with Gasteiger partial charge in [0.15, 0.2) is 0 Å². The maximum absolute atomic E-state index is 12.6. The Labute approximate surface area is 135 Å². The summed E-state index contributed by atoms with van der Waals surface area (Å²) in [7, 11) is 1.34. The first-order valence-corrected chi connectivity index (χ1v) is 7.58. The molecule has 0 radical (unpaired) electrons. The van der Waals surface area contributed by atoms with Gasteiger partial charge in [0.25, 0.3) is 5.91 Å². The van der Waals surface area contributed by atoms with Crippen molar-refractivity contribution in [1.29, 1.82) is 0 Å². The fraction of sp³-hybridized carbons (Fsp3) is 0.333. The summed E-state index contributed by atoms with van der Waals surface area (Å²) in [4.78, 5) is 24.0. The Balaban J connectivity index is 2.25. The Morgan fingerprint density at radius 3 is 2.35 bits per heavy atom. The van der Waals surface area contributed by atoms with Gasteiger partial charge in [-0.3, -0.25) is 9.59 Å². The number of methoxy groups -OCH3 is 1. The molecule has 0 saturated carbocycles. The van der Waals surface area contributed by atoms with Gasteiger partial charge >= 0.3 is 5.97 Å². The average Bonchev–Trinajstić information content (AvgIpc) is 2.53. The van der Waals surface area contributed by atoms with Crippen molar-refractivity contribution in [3.05, 3.63) is 42.0 Å². The van der Waals surface area contributed by atoms with Crippen LogP contribution in [0.1, 0.15) is 30.6 Å². The molecule has 1 atom stereocenters. The minimum Gasteiger partial charge on any atom is -0.469 e. The van der Waals surface area contributed by atoms with Crippen LogP contribution in [0.5, 0.6) is 0 Å². The highest BCUT2D eigenvalue weighted by atomic mass is 16.5. The van der Waals surface area contributed by atoms with Crippen LogP contribution in [-0.2, 0) is 9.53 Å². The van der Waals surface area contributed by atoms with Crippen LogP contribution in [0, 0.1) is 5.92 Å². The Morgan fingerprint density at radius 1 is 1.17 bits per heavy atom. The lowest BCUT2D eigenvalue weighted by Crippen LogP contribution is -2.40. The van der Waals surface area contributed by atoms with E-state index in [1.54, 1.807) is 12.1 Å². The van der Waals surface area contributed by atoms with Gasteiger partial charge in [0, 0.05) is 11.7 Å². The summed E-state index contributed by atoms with van der Waals surface area (Å²) in [5.41, 5.74) is 6.85. The molecule has 0 aromatic heterocycles. The number of rotatable bonds is 5. The molecule has 0 aliphatic rings. The number of hydrogen-bond acceptors (Lipinski definition) is 4. The summed E-state index contributed by atoms with van der Waals surface area (Å²) in [6, 6.07) is 11.0. The number of nitrogens with one attached hydrogen (secondary N) is 1. The quantitative estimate of drug-likeness (QED) is 0.657. The largest absolute Gasteiger partial charge is 0.469 e. The minimum atomic E-state index is -0.351. The topological polar surface area (TPSA) is 81.4 Å². The Morgan fingerprint density at radius 2 is 1.78 bits per heavy atom. The molecule has 0 aliphatic heterocycles. The summed E-state index contributed by atoms with van der Waals surface area (Å²) in [5.74, 6) is -0.536. The highest BCUT2D eigenvalue weighted by Gasteiger charge is 2.22. The molecule has 0 fully saturated rings. The van der Waals surface area contributed by atoms with Gasteiger partial charge in [0.2, 0.25) is 0 Å². The molecule has 1 amide bonds. The standard InChI is InChI=1S/C18H22N2O3/c1-11(2)16(10-17(21)23-3)20-18(22)14-8-12-6-4-5-7-13(12)9-15(14)19/h4-9,11,16H,10,19H2,1-3H3,(H,20,22)/t16-/m1/s1. The van der Waals surface area contributed by atoms with Crippen LogP contribution >= 0.6 is 0 Å². The molecule has 23 heavy (non-hydrogen) atoms. The zero-order valence-corrected chi connectivity index (χ0v) is 13.6. The van der Waals surface area contributed by atoms with E-state index in [2.05, 4.69) is 10.1 Å². The van der Waals surface area contributed by atoms with Crippen molar-refractivity contribution < 1.29 is 14.3 Å². The molecular weight excluding hydrogens is 292 g/mol. The van der Waals surface area contributed by atoms with Crippen LogP contribution in [0.3, 0.4) is 0 Å². The molecule has 122 valence electrons. The number of carbonyl (C=O) groups excluding carboxylic acids is 2. The van der Waals surface area contributed by atoms with Crippen molar-refractivity contribution in [2.75, 3.05) is 12.8 Å². The van der Waals surface area contributed by atoms with E-state index in [-0.39, 0.29) is 30.3 Å². The molecule has 0 aliphatic carbocycles. The monoisotopic (exact) mass is 314 g/mol. The number of anilines is 1. The third-order valence-electron chi connectivity index (χ3n) is 3.90. The molecule has 2 aromatic carbocycles. The average molecular weight is 314 g/mol. The predicted molar refractivity (Wildman–Crippen MR) is 91.1 cm³/mol. The second-order valence-corrected chi connectivity index (χ2v) is 5.89. The van der Waals surface area contributed by atoms with Crippen LogP contribution in [0.2, 0.25) is 0 Å². The van der Waals surface area contributed by atoms with E-state index in [4.69, 9.17) is 5.73 Å². The zero-order valence-electron chi connectivity index (χ0n) is 13.6. The van der Waals surface area contributed by atoms with Gasteiger partial charge in [-0.15, -0.1) is 0 Å². The lowest BCUT2D eigenvalue weighted by Gasteiger charge is -2.21. The van der Waals surface area contributed by atoms with Crippen LogP contribution in [-0.4, -0.2) is 25.0 Å². The van der Waals surface area contributed by atoms with Crippen molar-refractivity contribution in [3.63, 3.8) is 0 Å². The number of benzene rings is 2. The van der Waals surface area contributed by atoms with E-state index in [9.17, 15) is 9.59 Å². The van der Waals surface area contributed by atoms with Crippen molar-refractivity contribution in [2.24, 2.45) is 5.92 Å². The van der Waals surface area contributed by atoms with Crippen molar-refractivity contribution in [2.45, 2.75) is 26.3 Å². The van der Waals surface area contributed by atoms with Gasteiger partial charge < -0.3 is 15.8 Å². The number of nitrogens with two attached hydrogens (primary N) is 1. The fourth-order valence-electron chi connectivity index (χ4n) is 2.42. The summed E-state index contributed by atoms with van der Waals surface area (Å²) >= 11 is 0. The number of esters is 1. The first-order valence-electron chi connectivity index (χ1n) is 7.58. The third-order valence-corrected chi connectivity index (χ3v) is 3.90.